The Morgan fingerprint density at radius 3 is 2.46 bits per heavy atom. The van der Waals surface area contributed by atoms with Gasteiger partial charge in [0.1, 0.15) is 30.5 Å². The van der Waals surface area contributed by atoms with E-state index in [-0.39, 0.29) is 41.9 Å². The summed E-state index contributed by atoms with van der Waals surface area (Å²) >= 11 is 0. The van der Waals surface area contributed by atoms with Crippen molar-refractivity contribution in [1.82, 2.24) is 19.8 Å². The van der Waals surface area contributed by atoms with E-state index in [2.05, 4.69) is 14.9 Å². The first-order valence-electron chi connectivity index (χ1n) is 14.3. The number of halogens is 2. The molecule has 3 aliphatic rings. The number of likely N-dealkylation sites (tertiary alicyclic amines) is 1. The quantitative estimate of drug-likeness (QED) is 0.439. The van der Waals surface area contributed by atoms with E-state index in [4.69, 9.17) is 9.47 Å². The second-order valence-corrected chi connectivity index (χ2v) is 12.6. The highest BCUT2D eigenvalue weighted by atomic mass is 19.1. The first-order chi connectivity index (χ1) is 19.5. The lowest BCUT2D eigenvalue weighted by Crippen LogP contribution is -2.61. The second kappa shape index (κ2) is 11.4. The summed E-state index contributed by atoms with van der Waals surface area (Å²) in [6, 6.07) is 5.79. The van der Waals surface area contributed by atoms with Gasteiger partial charge in [0.25, 0.3) is 5.91 Å². The number of nitrogens with zero attached hydrogens (tertiary/aromatic N) is 5. The van der Waals surface area contributed by atoms with Crippen LogP contribution in [0.5, 0.6) is 11.5 Å². The molecule has 0 N–H and O–H groups in total. The maximum absolute atomic E-state index is 13.7. The summed E-state index contributed by atoms with van der Waals surface area (Å²) in [5.41, 5.74) is -0.168. The summed E-state index contributed by atoms with van der Waals surface area (Å²) in [7, 11) is 0. The van der Waals surface area contributed by atoms with Crippen LogP contribution in [-0.2, 0) is 4.74 Å². The van der Waals surface area contributed by atoms with E-state index >= 15 is 0 Å². The van der Waals surface area contributed by atoms with Crippen molar-refractivity contribution in [3.05, 3.63) is 42.4 Å². The Hall–Kier alpha value is -3.50. The molecule has 41 heavy (non-hydrogen) atoms. The van der Waals surface area contributed by atoms with Crippen LogP contribution in [-0.4, -0.2) is 88.5 Å². The lowest BCUT2D eigenvalue weighted by Gasteiger charge is -2.54. The Labute approximate surface area is 239 Å². The Morgan fingerprint density at radius 2 is 1.83 bits per heavy atom. The number of amides is 2. The summed E-state index contributed by atoms with van der Waals surface area (Å²) in [6.07, 6.45) is 3.94. The van der Waals surface area contributed by atoms with Gasteiger partial charge in [0.15, 0.2) is 11.6 Å². The predicted octanol–water partition coefficient (Wildman–Crippen LogP) is 5.41. The second-order valence-electron chi connectivity index (χ2n) is 12.6. The molecule has 3 fully saturated rings. The Bertz CT molecular complexity index is 1250. The number of anilines is 1. The van der Waals surface area contributed by atoms with Crippen molar-refractivity contribution in [1.29, 1.82) is 0 Å². The average molecular weight is 572 g/mol. The van der Waals surface area contributed by atoms with Crippen molar-refractivity contribution in [2.24, 2.45) is 5.41 Å². The first-order valence-corrected chi connectivity index (χ1v) is 14.3. The van der Waals surface area contributed by atoms with Gasteiger partial charge in [-0.15, -0.1) is 0 Å². The van der Waals surface area contributed by atoms with Gasteiger partial charge in [-0.3, -0.25) is 4.79 Å². The highest BCUT2D eigenvalue weighted by Gasteiger charge is 2.47. The summed E-state index contributed by atoms with van der Waals surface area (Å²) in [6.45, 7) is 9.32. The molecule has 2 aromatic rings. The fraction of sp³-hybridized carbons (Fsp3) is 0.600. The minimum Gasteiger partial charge on any atom is -0.451 e. The van der Waals surface area contributed by atoms with Gasteiger partial charge in [-0.05, 0) is 65.5 Å². The maximum atomic E-state index is 13.7. The van der Waals surface area contributed by atoms with Crippen molar-refractivity contribution in [3.63, 3.8) is 0 Å². The molecule has 0 radical (unpaired) electrons. The topological polar surface area (TPSA) is 88.1 Å². The molecule has 0 bridgehead atoms. The van der Waals surface area contributed by atoms with Crippen molar-refractivity contribution in [2.45, 2.75) is 77.2 Å². The molecule has 11 heteroatoms. The third-order valence-corrected chi connectivity index (χ3v) is 8.21. The molecule has 9 nitrogen and oxygen atoms in total. The highest BCUT2D eigenvalue weighted by Crippen LogP contribution is 2.45. The number of rotatable bonds is 7. The molecular formula is C30H39F2N5O4. The number of carbonyl (C=O) groups excluding carboxylic acids is 2. The number of ether oxygens (including phenoxy) is 2. The van der Waals surface area contributed by atoms with Crippen LogP contribution in [0.3, 0.4) is 0 Å². The third kappa shape index (κ3) is 6.23. The molecule has 5 rings (SSSR count). The van der Waals surface area contributed by atoms with Crippen LogP contribution in [0.2, 0.25) is 0 Å². The minimum absolute atomic E-state index is 0.0780. The van der Waals surface area contributed by atoms with Crippen molar-refractivity contribution in [3.8, 4) is 11.5 Å². The molecule has 2 amide bonds. The Kier molecular flexibility index (Phi) is 8.07. The van der Waals surface area contributed by atoms with Crippen LogP contribution in [0.25, 0.3) is 0 Å². The number of alkyl halides is 2. The van der Waals surface area contributed by atoms with Gasteiger partial charge in [0, 0.05) is 37.6 Å². The summed E-state index contributed by atoms with van der Waals surface area (Å²) in [5, 5.41) is 0. The maximum Gasteiger partial charge on any atom is 0.410 e. The smallest absolute Gasteiger partial charge is 0.410 e. The van der Waals surface area contributed by atoms with Crippen LogP contribution < -0.4 is 9.64 Å². The number of para-hydroxylation sites is 1. The largest absolute Gasteiger partial charge is 0.451 e. The minimum atomic E-state index is -0.970. The van der Waals surface area contributed by atoms with Crippen LogP contribution >= 0.6 is 0 Å². The average Bonchev–Trinajstić information content (AvgIpc) is 2.90. The van der Waals surface area contributed by atoms with Gasteiger partial charge in [-0.25, -0.2) is 23.5 Å². The molecular weight excluding hydrogens is 532 g/mol. The highest BCUT2D eigenvalue weighted by molar-refractivity contribution is 5.97. The van der Waals surface area contributed by atoms with Crippen LogP contribution in [0, 0.1) is 5.41 Å². The van der Waals surface area contributed by atoms with E-state index in [1.54, 1.807) is 42.3 Å². The molecule has 2 aliphatic heterocycles. The SMILES string of the molecule is CC(CF)N(C(=O)c1ccccc1Oc1cncnc1N1CC2(CCN(C(=O)OC(C)(C)C)CC2)C1)C1CC(F)C1. The molecule has 1 spiro atoms. The number of piperidine rings is 1. The zero-order valence-corrected chi connectivity index (χ0v) is 24.2. The molecule has 2 saturated heterocycles. The van der Waals surface area contributed by atoms with Gasteiger partial charge in [-0.2, -0.15) is 0 Å². The summed E-state index contributed by atoms with van der Waals surface area (Å²) in [5.74, 6) is 0.948. The molecule has 3 heterocycles. The molecule has 1 aromatic carbocycles. The molecule has 1 aliphatic carbocycles. The molecule has 1 unspecified atom stereocenters. The van der Waals surface area contributed by atoms with Gasteiger partial charge in [-0.1, -0.05) is 12.1 Å². The van der Waals surface area contributed by atoms with Gasteiger partial charge >= 0.3 is 6.09 Å². The normalized spacial score (nSPS) is 22.4. The van der Waals surface area contributed by atoms with Crippen molar-refractivity contribution < 1.29 is 27.8 Å². The molecule has 222 valence electrons. The fourth-order valence-corrected chi connectivity index (χ4v) is 5.88. The molecule has 1 atom stereocenters. The standard InChI is InChI=1S/C30H39F2N5O4/c1-20(15-31)37(22-13-21(32)14-22)27(38)23-7-5-6-8-24(23)40-25-16-33-19-34-26(25)36-17-30(18-36)9-11-35(12-10-30)28(39)41-29(2,3)4/h5-8,16,19-22H,9-15,17-18H2,1-4H3. The number of hydrogen-bond acceptors (Lipinski definition) is 7. The van der Waals surface area contributed by atoms with Crippen LogP contribution in [0.1, 0.15) is 63.7 Å². The number of aromatic nitrogens is 2. The predicted molar refractivity (Wildman–Crippen MR) is 150 cm³/mol. The Morgan fingerprint density at radius 1 is 1.15 bits per heavy atom. The first kappa shape index (κ1) is 29.0. The lowest BCUT2D eigenvalue weighted by atomic mass is 9.72. The van der Waals surface area contributed by atoms with Crippen LogP contribution in [0.4, 0.5) is 19.4 Å². The number of carbonyl (C=O) groups is 2. The van der Waals surface area contributed by atoms with E-state index in [1.165, 1.54) is 11.2 Å². The molecule has 1 saturated carbocycles. The van der Waals surface area contributed by atoms with E-state index in [0.717, 1.165) is 25.9 Å². The van der Waals surface area contributed by atoms with Crippen LogP contribution in [0.15, 0.2) is 36.8 Å². The van der Waals surface area contributed by atoms with Gasteiger partial charge in [0.2, 0.25) is 0 Å². The number of benzene rings is 1. The Balaban J connectivity index is 1.27. The monoisotopic (exact) mass is 571 g/mol. The molecule has 1 aromatic heterocycles. The summed E-state index contributed by atoms with van der Waals surface area (Å²) < 4.78 is 39.1. The van der Waals surface area contributed by atoms with Gasteiger partial charge in [0.05, 0.1) is 17.8 Å². The third-order valence-electron chi connectivity index (χ3n) is 8.21. The zero-order valence-electron chi connectivity index (χ0n) is 24.2. The fourth-order valence-electron chi connectivity index (χ4n) is 5.88. The summed E-state index contributed by atoms with van der Waals surface area (Å²) in [4.78, 5) is 40.1. The van der Waals surface area contributed by atoms with E-state index < -0.39 is 24.5 Å². The van der Waals surface area contributed by atoms with E-state index in [9.17, 15) is 18.4 Å². The van der Waals surface area contributed by atoms with Crippen molar-refractivity contribution in [2.75, 3.05) is 37.8 Å². The van der Waals surface area contributed by atoms with E-state index in [1.807, 2.05) is 20.8 Å². The number of hydrogen-bond donors (Lipinski definition) is 0. The zero-order chi connectivity index (χ0) is 29.4. The van der Waals surface area contributed by atoms with E-state index in [0.29, 0.717) is 30.4 Å². The van der Waals surface area contributed by atoms with Crippen molar-refractivity contribution >= 4 is 17.8 Å². The van der Waals surface area contributed by atoms with Gasteiger partial charge < -0.3 is 24.2 Å². The lowest BCUT2D eigenvalue weighted by molar-refractivity contribution is 0.00582.